The Morgan fingerprint density at radius 1 is 0.833 bits per heavy atom. The minimum atomic E-state index is -0.503. The van der Waals surface area contributed by atoms with Crippen molar-refractivity contribution in [2.45, 2.75) is 96.9 Å². The Morgan fingerprint density at radius 3 is 2.20 bits per heavy atom. The second kappa shape index (κ2) is 10.1. The lowest BCUT2D eigenvalue weighted by Crippen LogP contribution is -2.50. The summed E-state index contributed by atoms with van der Waals surface area (Å²) >= 11 is 0. The van der Waals surface area contributed by atoms with E-state index in [-0.39, 0.29) is 35.6 Å². The molecule has 0 radical (unpaired) electrons. The van der Waals surface area contributed by atoms with Crippen molar-refractivity contribution in [3.63, 3.8) is 0 Å². The van der Waals surface area contributed by atoms with Crippen LogP contribution in [-0.2, 0) is 19.2 Å². The van der Waals surface area contributed by atoms with Crippen molar-refractivity contribution in [3.8, 4) is 0 Å². The topological polar surface area (TPSA) is 74.8 Å². The zero-order valence-electron chi connectivity index (χ0n) is 18.9. The lowest BCUT2D eigenvalue weighted by Gasteiger charge is -2.34. The highest BCUT2D eigenvalue weighted by Crippen LogP contribution is 2.39. The van der Waals surface area contributed by atoms with E-state index in [1.807, 2.05) is 0 Å². The van der Waals surface area contributed by atoms with E-state index >= 15 is 0 Å². The first-order valence-corrected chi connectivity index (χ1v) is 12.0. The first kappa shape index (κ1) is 23.0. The monoisotopic (exact) mass is 418 g/mol. The largest absolute Gasteiger partial charge is 0.286 e. The van der Waals surface area contributed by atoms with Gasteiger partial charge in [-0.1, -0.05) is 45.4 Å². The van der Waals surface area contributed by atoms with E-state index < -0.39 is 11.8 Å². The molecule has 1 heterocycles. The van der Waals surface area contributed by atoms with Gasteiger partial charge in [0.25, 0.3) is 0 Å². The number of fused-ring (bicyclic) bond motifs is 3. The van der Waals surface area contributed by atoms with Gasteiger partial charge in [0.15, 0.2) is 0 Å². The molecule has 3 rings (SSSR count). The van der Waals surface area contributed by atoms with Gasteiger partial charge in [0, 0.05) is 25.9 Å². The SMILES string of the molecule is CC(=O)N(C)C(=O)C1CCCC2CCC1C(=O)N(C1CCCCC(C)CCC1)C2=O. The van der Waals surface area contributed by atoms with E-state index in [1.54, 1.807) is 4.90 Å². The molecule has 2 aliphatic carbocycles. The molecule has 2 bridgehead atoms. The standard InChI is InChI=1S/C24H38N2O4/c1-16-8-4-5-11-19(12-6-9-16)26-22(28)18-10-7-13-20(21(15-14-18)24(26)30)23(29)25(3)17(2)27/h16,18-21H,4-15H2,1-3H3. The highest BCUT2D eigenvalue weighted by molar-refractivity contribution is 6.02. The Balaban J connectivity index is 1.88. The van der Waals surface area contributed by atoms with Crippen LogP contribution in [0.4, 0.5) is 0 Å². The molecule has 0 N–H and O–H groups in total. The Kier molecular flexibility index (Phi) is 7.70. The third kappa shape index (κ3) is 4.94. The summed E-state index contributed by atoms with van der Waals surface area (Å²) in [6.07, 6.45) is 10.6. The van der Waals surface area contributed by atoms with Gasteiger partial charge in [-0.05, 0) is 44.4 Å². The molecular formula is C24H38N2O4. The van der Waals surface area contributed by atoms with Crippen LogP contribution in [0.5, 0.6) is 0 Å². The third-order valence-corrected chi connectivity index (χ3v) is 7.72. The average Bonchev–Trinajstić information content (AvgIpc) is 2.75. The number of nitrogens with zero attached hydrogens (tertiary/aromatic N) is 2. The zero-order chi connectivity index (χ0) is 21.8. The van der Waals surface area contributed by atoms with Crippen molar-refractivity contribution in [1.29, 1.82) is 0 Å². The maximum absolute atomic E-state index is 13.7. The van der Waals surface area contributed by atoms with Gasteiger partial charge in [0.1, 0.15) is 0 Å². The van der Waals surface area contributed by atoms with E-state index in [0.29, 0.717) is 25.2 Å². The van der Waals surface area contributed by atoms with Gasteiger partial charge < -0.3 is 0 Å². The fourth-order valence-electron chi connectivity index (χ4n) is 5.72. The van der Waals surface area contributed by atoms with Crippen LogP contribution >= 0.6 is 0 Å². The molecule has 5 atom stereocenters. The normalized spacial score (nSPS) is 33.6. The van der Waals surface area contributed by atoms with Crippen molar-refractivity contribution < 1.29 is 19.2 Å². The summed E-state index contributed by atoms with van der Waals surface area (Å²) < 4.78 is 0. The van der Waals surface area contributed by atoms with Crippen LogP contribution in [0.2, 0.25) is 0 Å². The summed E-state index contributed by atoms with van der Waals surface area (Å²) in [7, 11) is 1.50. The van der Waals surface area contributed by atoms with Crippen LogP contribution in [0.25, 0.3) is 0 Å². The quantitative estimate of drug-likeness (QED) is 0.637. The molecule has 0 aromatic heterocycles. The number of imide groups is 2. The maximum Gasteiger partial charge on any atom is 0.233 e. The van der Waals surface area contributed by atoms with Crippen LogP contribution < -0.4 is 0 Å². The van der Waals surface area contributed by atoms with Crippen molar-refractivity contribution in [2.24, 2.45) is 23.7 Å². The van der Waals surface area contributed by atoms with Gasteiger partial charge in [0.05, 0.1) is 11.8 Å². The summed E-state index contributed by atoms with van der Waals surface area (Å²) in [5.41, 5.74) is 0. The summed E-state index contributed by atoms with van der Waals surface area (Å²) in [4.78, 5) is 54.7. The van der Waals surface area contributed by atoms with E-state index in [1.165, 1.54) is 20.4 Å². The molecule has 0 aromatic rings. The van der Waals surface area contributed by atoms with Crippen LogP contribution in [0.15, 0.2) is 0 Å². The lowest BCUT2D eigenvalue weighted by molar-refractivity contribution is -0.156. The second-order valence-corrected chi connectivity index (χ2v) is 9.86. The molecule has 4 amide bonds. The maximum atomic E-state index is 13.7. The summed E-state index contributed by atoms with van der Waals surface area (Å²) in [6.45, 7) is 3.67. The fraction of sp³-hybridized carbons (Fsp3) is 0.833. The van der Waals surface area contributed by atoms with E-state index in [0.717, 1.165) is 56.3 Å². The average molecular weight is 419 g/mol. The van der Waals surface area contributed by atoms with Gasteiger partial charge in [-0.2, -0.15) is 0 Å². The van der Waals surface area contributed by atoms with Crippen molar-refractivity contribution in [3.05, 3.63) is 0 Å². The minimum Gasteiger partial charge on any atom is -0.286 e. The number of hydrogen-bond donors (Lipinski definition) is 0. The highest BCUT2D eigenvalue weighted by Gasteiger charge is 2.47. The molecule has 6 nitrogen and oxygen atoms in total. The molecule has 2 saturated carbocycles. The molecule has 6 heteroatoms. The van der Waals surface area contributed by atoms with Crippen molar-refractivity contribution in [1.82, 2.24) is 9.80 Å². The number of carbonyl (C=O) groups excluding carboxylic acids is 4. The van der Waals surface area contributed by atoms with E-state index in [2.05, 4.69) is 6.92 Å². The first-order valence-electron chi connectivity index (χ1n) is 12.0. The van der Waals surface area contributed by atoms with Crippen LogP contribution in [0, 0.1) is 23.7 Å². The summed E-state index contributed by atoms with van der Waals surface area (Å²) in [5, 5.41) is 0. The zero-order valence-corrected chi connectivity index (χ0v) is 18.9. The molecule has 1 saturated heterocycles. The highest BCUT2D eigenvalue weighted by atomic mass is 16.2. The van der Waals surface area contributed by atoms with Crippen LogP contribution in [0.3, 0.4) is 0 Å². The molecule has 5 unspecified atom stereocenters. The molecule has 1 aliphatic heterocycles. The Bertz CT molecular complexity index is 676. The Labute approximate surface area is 180 Å². The second-order valence-electron chi connectivity index (χ2n) is 9.86. The molecule has 0 aromatic carbocycles. The number of hydrogen-bond acceptors (Lipinski definition) is 4. The molecular weight excluding hydrogens is 380 g/mol. The van der Waals surface area contributed by atoms with E-state index in [4.69, 9.17) is 0 Å². The Hall–Kier alpha value is -1.72. The molecule has 30 heavy (non-hydrogen) atoms. The van der Waals surface area contributed by atoms with Gasteiger partial charge in [-0.25, -0.2) is 0 Å². The summed E-state index contributed by atoms with van der Waals surface area (Å²) in [5.74, 6) is -1.13. The molecule has 0 spiro atoms. The summed E-state index contributed by atoms with van der Waals surface area (Å²) in [6, 6.07) is -0.0437. The fourth-order valence-corrected chi connectivity index (χ4v) is 5.72. The number of carbonyl (C=O) groups is 4. The minimum absolute atomic E-state index is 0.00665. The lowest BCUT2D eigenvalue weighted by atomic mass is 9.78. The van der Waals surface area contributed by atoms with Gasteiger partial charge in [-0.15, -0.1) is 0 Å². The predicted octanol–water partition coefficient (Wildman–Crippen LogP) is 3.92. The smallest absolute Gasteiger partial charge is 0.233 e. The number of rotatable bonds is 2. The van der Waals surface area contributed by atoms with Crippen LogP contribution in [0.1, 0.15) is 90.9 Å². The van der Waals surface area contributed by atoms with Gasteiger partial charge in [0.2, 0.25) is 23.6 Å². The molecule has 3 aliphatic rings. The number of amides is 4. The van der Waals surface area contributed by atoms with Crippen LogP contribution in [-0.4, -0.2) is 46.5 Å². The molecule has 168 valence electrons. The number of likely N-dealkylation sites (tertiary alicyclic amines) is 1. The molecule has 3 fully saturated rings. The predicted molar refractivity (Wildman–Crippen MR) is 114 cm³/mol. The van der Waals surface area contributed by atoms with Gasteiger partial charge in [-0.3, -0.25) is 29.0 Å². The first-order chi connectivity index (χ1) is 14.3. The van der Waals surface area contributed by atoms with Crippen molar-refractivity contribution >= 4 is 23.6 Å². The third-order valence-electron chi connectivity index (χ3n) is 7.72. The van der Waals surface area contributed by atoms with E-state index in [9.17, 15) is 19.2 Å². The van der Waals surface area contributed by atoms with Crippen molar-refractivity contribution in [2.75, 3.05) is 7.05 Å². The Morgan fingerprint density at radius 2 is 1.47 bits per heavy atom. The van der Waals surface area contributed by atoms with Gasteiger partial charge >= 0.3 is 0 Å².